The average molecular weight is 459 g/mol. The van der Waals surface area contributed by atoms with E-state index in [0.29, 0.717) is 15.8 Å². The van der Waals surface area contributed by atoms with Gasteiger partial charge in [-0.05, 0) is 54.0 Å². The van der Waals surface area contributed by atoms with Gasteiger partial charge in [0.25, 0.3) is 0 Å². The predicted molar refractivity (Wildman–Crippen MR) is 124 cm³/mol. The van der Waals surface area contributed by atoms with Crippen molar-refractivity contribution in [3.63, 3.8) is 0 Å². The molecule has 0 aliphatic carbocycles. The lowest BCUT2D eigenvalue weighted by Gasteiger charge is -2.27. The summed E-state index contributed by atoms with van der Waals surface area (Å²) in [4.78, 5) is 19.6. The van der Waals surface area contributed by atoms with Crippen molar-refractivity contribution >= 4 is 57.5 Å². The average Bonchev–Trinajstić information content (AvgIpc) is 3.38. The predicted octanol–water partition coefficient (Wildman–Crippen LogP) is 4.56. The second kappa shape index (κ2) is 9.09. The van der Waals surface area contributed by atoms with Gasteiger partial charge in [-0.1, -0.05) is 23.7 Å². The zero-order valence-electron chi connectivity index (χ0n) is 16.0. The Morgan fingerprint density at radius 3 is 2.87 bits per heavy atom. The molecule has 4 rings (SSSR count). The van der Waals surface area contributed by atoms with Crippen molar-refractivity contribution in [2.24, 2.45) is 0 Å². The Labute approximate surface area is 188 Å². The first-order chi connectivity index (χ1) is 14.6. The number of nitrogens with one attached hydrogen (secondary N) is 2. The minimum atomic E-state index is -0.266. The topological polar surface area (TPSA) is 66.5 Å². The van der Waals surface area contributed by atoms with Gasteiger partial charge in [0.1, 0.15) is 6.61 Å². The molecule has 3 aromatic rings. The summed E-state index contributed by atoms with van der Waals surface area (Å²) in [6.45, 7) is -0.0373. The number of aromatic nitrogens is 1. The van der Waals surface area contributed by atoms with Crippen LogP contribution in [-0.2, 0) is 9.53 Å². The van der Waals surface area contributed by atoms with Crippen LogP contribution in [0.25, 0.3) is 0 Å². The summed E-state index contributed by atoms with van der Waals surface area (Å²) in [7, 11) is 1.47. The molecule has 1 aromatic carbocycles. The Kier molecular flexibility index (Phi) is 6.29. The number of pyridine rings is 1. The quantitative estimate of drug-likeness (QED) is 0.528. The van der Waals surface area contributed by atoms with E-state index in [4.69, 9.17) is 28.6 Å². The number of amides is 1. The molecule has 6 nitrogen and oxygen atoms in total. The van der Waals surface area contributed by atoms with Gasteiger partial charge in [0.05, 0.1) is 28.5 Å². The molecule has 3 heterocycles. The molecule has 1 fully saturated rings. The van der Waals surface area contributed by atoms with Gasteiger partial charge in [-0.15, -0.1) is 11.3 Å². The largest absolute Gasteiger partial charge is 0.375 e. The minimum absolute atomic E-state index is 0.0373. The Hall–Kier alpha value is -2.52. The van der Waals surface area contributed by atoms with Crippen molar-refractivity contribution in [2.75, 3.05) is 23.9 Å². The fourth-order valence-electron chi connectivity index (χ4n) is 3.45. The highest BCUT2D eigenvalue weighted by Crippen LogP contribution is 2.43. The molecule has 2 N–H and O–H groups in total. The van der Waals surface area contributed by atoms with Crippen LogP contribution in [-0.4, -0.2) is 29.7 Å². The van der Waals surface area contributed by atoms with Gasteiger partial charge in [0, 0.05) is 23.9 Å². The van der Waals surface area contributed by atoms with Crippen LogP contribution in [0.5, 0.6) is 0 Å². The highest BCUT2D eigenvalue weighted by molar-refractivity contribution is 7.80. The zero-order valence-corrected chi connectivity index (χ0v) is 18.4. The van der Waals surface area contributed by atoms with Gasteiger partial charge in [-0.25, -0.2) is 0 Å². The van der Waals surface area contributed by atoms with Crippen LogP contribution in [0, 0.1) is 0 Å². The lowest BCUT2D eigenvalue weighted by molar-refractivity contribution is -0.119. The van der Waals surface area contributed by atoms with Crippen LogP contribution < -0.4 is 15.5 Å². The normalized spacial score (nSPS) is 18.3. The molecule has 30 heavy (non-hydrogen) atoms. The number of halogens is 1. The Morgan fingerprint density at radius 2 is 2.20 bits per heavy atom. The number of carbonyl (C=O) groups is 1. The number of rotatable bonds is 6. The third-order valence-electron chi connectivity index (χ3n) is 4.71. The monoisotopic (exact) mass is 458 g/mol. The number of methoxy groups -OCH3 is 1. The summed E-state index contributed by atoms with van der Waals surface area (Å²) in [6, 6.07) is 15.3. The second-order valence-electron chi connectivity index (χ2n) is 6.66. The summed E-state index contributed by atoms with van der Waals surface area (Å²) >= 11 is 13.8. The van der Waals surface area contributed by atoms with Gasteiger partial charge in [-0.2, -0.15) is 0 Å². The summed E-state index contributed by atoms with van der Waals surface area (Å²) in [6.07, 6.45) is 1.78. The number of anilines is 2. The summed E-state index contributed by atoms with van der Waals surface area (Å²) < 4.78 is 4.85. The molecule has 2 atom stereocenters. The standard InChI is InChI=1S/C21H19ClN4O2S2/c1-28-12-18(27)24-15-8-7-13(11-14(15)22)26-20(17-6-4-10-30-17)19(25-21(26)29)16-5-2-3-9-23-16/h2-11,19-20H,12H2,1H3,(H,24,27)(H,25,29)/t19-,20+/m1/s1. The van der Waals surface area contributed by atoms with E-state index < -0.39 is 0 Å². The molecular weight excluding hydrogens is 440 g/mol. The van der Waals surface area contributed by atoms with E-state index >= 15 is 0 Å². The number of benzene rings is 1. The molecule has 0 spiro atoms. The number of hydrogen-bond acceptors (Lipinski definition) is 5. The maximum atomic E-state index is 11.8. The highest BCUT2D eigenvalue weighted by Gasteiger charge is 2.41. The molecule has 9 heteroatoms. The maximum Gasteiger partial charge on any atom is 0.250 e. The number of thiophene rings is 1. The molecule has 0 radical (unpaired) electrons. The molecule has 1 amide bonds. The van der Waals surface area contributed by atoms with Crippen LogP contribution in [0.15, 0.2) is 60.1 Å². The third-order valence-corrected chi connectivity index (χ3v) is 6.28. The fourth-order valence-corrected chi connectivity index (χ4v) is 4.87. The van der Waals surface area contributed by atoms with E-state index in [9.17, 15) is 4.79 Å². The van der Waals surface area contributed by atoms with Crippen LogP contribution in [0.2, 0.25) is 5.02 Å². The van der Waals surface area contributed by atoms with Gasteiger partial charge in [0.2, 0.25) is 5.91 Å². The smallest absolute Gasteiger partial charge is 0.250 e. The SMILES string of the molecule is COCC(=O)Nc1ccc(N2C(=S)N[C@H](c3ccccn3)[C@@H]2c2cccs2)cc1Cl. The molecule has 1 aliphatic heterocycles. The number of carbonyl (C=O) groups excluding carboxylic acids is 1. The first-order valence-corrected chi connectivity index (χ1v) is 10.9. The van der Waals surface area contributed by atoms with E-state index in [0.717, 1.165) is 16.3 Å². The van der Waals surface area contributed by atoms with Crippen LogP contribution in [0.1, 0.15) is 22.7 Å². The van der Waals surface area contributed by atoms with Crippen molar-refractivity contribution in [1.29, 1.82) is 0 Å². The lowest BCUT2D eigenvalue weighted by Crippen LogP contribution is -2.29. The molecule has 0 saturated carbocycles. The molecule has 0 bridgehead atoms. The Bertz CT molecular complexity index is 1050. The summed E-state index contributed by atoms with van der Waals surface area (Å²) in [5.41, 5.74) is 2.27. The van der Waals surface area contributed by atoms with Crippen molar-refractivity contribution in [2.45, 2.75) is 12.1 Å². The summed E-state index contributed by atoms with van der Waals surface area (Å²) in [5.74, 6) is -0.266. The maximum absolute atomic E-state index is 11.8. The van der Waals surface area contributed by atoms with Crippen LogP contribution in [0.4, 0.5) is 11.4 Å². The number of nitrogens with zero attached hydrogens (tertiary/aromatic N) is 2. The molecule has 2 aromatic heterocycles. The van der Waals surface area contributed by atoms with Crippen molar-refractivity contribution in [1.82, 2.24) is 10.3 Å². The van der Waals surface area contributed by atoms with Gasteiger partial charge in [-0.3, -0.25) is 9.78 Å². The van der Waals surface area contributed by atoms with E-state index in [2.05, 4.69) is 21.7 Å². The van der Waals surface area contributed by atoms with Crippen LogP contribution in [0.3, 0.4) is 0 Å². The van der Waals surface area contributed by atoms with Gasteiger partial charge >= 0.3 is 0 Å². The number of thiocarbonyl (C=S) groups is 1. The Morgan fingerprint density at radius 1 is 1.33 bits per heavy atom. The van der Waals surface area contributed by atoms with Crippen LogP contribution >= 0.6 is 35.2 Å². The molecular formula is C21H19ClN4O2S2. The van der Waals surface area contributed by atoms with E-state index in [1.54, 1.807) is 29.7 Å². The van der Waals surface area contributed by atoms with E-state index in [1.807, 2.05) is 40.6 Å². The van der Waals surface area contributed by atoms with Crippen molar-refractivity contribution in [3.8, 4) is 0 Å². The molecule has 0 unspecified atom stereocenters. The van der Waals surface area contributed by atoms with Gasteiger partial charge < -0.3 is 20.3 Å². The third kappa shape index (κ3) is 4.17. The first kappa shape index (κ1) is 20.7. The zero-order chi connectivity index (χ0) is 21.1. The lowest BCUT2D eigenvalue weighted by atomic mass is 10.0. The van der Waals surface area contributed by atoms with Crippen molar-refractivity contribution in [3.05, 3.63) is 75.7 Å². The number of ether oxygens (including phenoxy) is 1. The number of hydrogen-bond donors (Lipinski definition) is 2. The van der Waals surface area contributed by atoms with Gasteiger partial charge in [0.15, 0.2) is 5.11 Å². The minimum Gasteiger partial charge on any atom is -0.375 e. The molecule has 1 saturated heterocycles. The molecule has 1 aliphatic rings. The second-order valence-corrected chi connectivity index (χ2v) is 8.43. The Balaban J connectivity index is 1.69. The summed E-state index contributed by atoms with van der Waals surface area (Å²) in [5, 5.41) is 9.22. The molecule has 154 valence electrons. The van der Waals surface area contributed by atoms with E-state index in [1.165, 1.54) is 7.11 Å². The van der Waals surface area contributed by atoms with Crippen molar-refractivity contribution < 1.29 is 9.53 Å². The fraction of sp³-hybridized carbons (Fsp3) is 0.190. The first-order valence-electron chi connectivity index (χ1n) is 9.21. The highest BCUT2D eigenvalue weighted by atomic mass is 35.5. The van der Waals surface area contributed by atoms with E-state index in [-0.39, 0.29) is 24.6 Å².